The van der Waals surface area contributed by atoms with Crippen LogP contribution in [0.25, 0.3) is 0 Å². The smallest absolute Gasteiger partial charge is 0.409 e. The molecular formula is C16H22N2O2. The van der Waals surface area contributed by atoms with Crippen LogP contribution in [-0.4, -0.2) is 43.3 Å². The molecule has 0 saturated carbocycles. The van der Waals surface area contributed by atoms with Gasteiger partial charge in [0.15, 0.2) is 0 Å². The fraction of sp³-hybridized carbons (Fsp3) is 0.562. The van der Waals surface area contributed by atoms with Crippen LogP contribution in [-0.2, 0) is 11.2 Å². The number of para-hydroxylation sites is 1. The van der Waals surface area contributed by atoms with Crippen molar-refractivity contribution in [2.75, 3.05) is 31.1 Å². The molecule has 2 heterocycles. The van der Waals surface area contributed by atoms with Gasteiger partial charge >= 0.3 is 6.09 Å². The number of carbonyl (C=O) groups is 1. The Morgan fingerprint density at radius 1 is 1.25 bits per heavy atom. The Labute approximate surface area is 120 Å². The van der Waals surface area contributed by atoms with Crippen LogP contribution < -0.4 is 4.90 Å². The number of anilines is 1. The normalized spacial score (nSPS) is 19.1. The molecule has 4 heteroatoms. The fourth-order valence-corrected chi connectivity index (χ4v) is 3.32. The molecule has 2 aliphatic rings. The van der Waals surface area contributed by atoms with Crippen molar-refractivity contribution in [2.24, 2.45) is 0 Å². The molecule has 0 atom stereocenters. The number of ether oxygens (including phenoxy) is 1. The molecule has 4 nitrogen and oxygen atoms in total. The minimum Gasteiger partial charge on any atom is -0.450 e. The van der Waals surface area contributed by atoms with Crippen LogP contribution in [0, 0.1) is 0 Å². The summed E-state index contributed by atoms with van der Waals surface area (Å²) in [6.45, 7) is 5.04. The third-order valence-corrected chi connectivity index (χ3v) is 4.35. The SMILES string of the molecule is CCOC(=O)N1CCC(N2CCc3ccccc32)CC1. The number of fused-ring (bicyclic) bond motifs is 1. The summed E-state index contributed by atoms with van der Waals surface area (Å²) in [6.07, 6.45) is 3.06. The minimum atomic E-state index is -0.159. The second kappa shape index (κ2) is 5.73. The van der Waals surface area contributed by atoms with Gasteiger partial charge in [-0.05, 0) is 37.8 Å². The van der Waals surface area contributed by atoms with E-state index in [4.69, 9.17) is 4.74 Å². The summed E-state index contributed by atoms with van der Waals surface area (Å²) in [5.41, 5.74) is 2.85. The topological polar surface area (TPSA) is 32.8 Å². The van der Waals surface area contributed by atoms with Crippen molar-refractivity contribution in [1.29, 1.82) is 0 Å². The second-order valence-electron chi connectivity index (χ2n) is 5.49. The quantitative estimate of drug-likeness (QED) is 0.831. The summed E-state index contributed by atoms with van der Waals surface area (Å²) in [4.78, 5) is 16.1. The number of hydrogen-bond acceptors (Lipinski definition) is 3. The van der Waals surface area contributed by atoms with Gasteiger partial charge < -0.3 is 14.5 Å². The molecular weight excluding hydrogens is 252 g/mol. The van der Waals surface area contributed by atoms with Gasteiger partial charge in [-0.15, -0.1) is 0 Å². The van der Waals surface area contributed by atoms with Crippen LogP contribution in [0.5, 0.6) is 0 Å². The molecule has 0 radical (unpaired) electrons. The van der Waals surface area contributed by atoms with Crippen molar-refractivity contribution in [3.05, 3.63) is 29.8 Å². The van der Waals surface area contributed by atoms with Gasteiger partial charge in [-0.2, -0.15) is 0 Å². The highest BCUT2D eigenvalue weighted by Gasteiger charge is 2.30. The Balaban J connectivity index is 1.61. The lowest BCUT2D eigenvalue weighted by Gasteiger charge is -2.37. The number of rotatable bonds is 2. The molecule has 108 valence electrons. The first-order valence-corrected chi connectivity index (χ1v) is 7.56. The van der Waals surface area contributed by atoms with Gasteiger partial charge in [0.25, 0.3) is 0 Å². The number of piperidine rings is 1. The van der Waals surface area contributed by atoms with Crippen molar-refractivity contribution in [3.63, 3.8) is 0 Å². The molecule has 0 bridgehead atoms. The molecule has 0 spiro atoms. The van der Waals surface area contributed by atoms with E-state index in [0.717, 1.165) is 38.9 Å². The Morgan fingerprint density at radius 3 is 2.75 bits per heavy atom. The van der Waals surface area contributed by atoms with Gasteiger partial charge in [0.1, 0.15) is 0 Å². The highest BCUT2D eigenvalue weighted by atomic mass is 16.6. The van der Waals surface area contributed by atoms with Crippen LogP contribution >= 0.6 is 0 Å². The maximum atomic E-state index is 11.7. The average Bonchev–Trinajstić information content (AvgIpc) is 2.92. The summed E-state index contributed by atoms with van der Waals surface area (Å²) in [5, 5.41) is 0. The maximum Gasteiger partial charge on any atom is 0.409 e. The van der Waals surface area contributed by atoms with E-state index >= 15 is 0 Å². The standard InChI is InChI=1S/C16H22N2O2/c1-2-20-16(19)17-10-8-14(9-11-17)18-12-7-13-5-3-4-6-15(13)18/h3-6,14H,2,7-12H2,1H3. The first-order chi connectivity index (χ1) is 9.79. The lowest BCUT2D eigenvalue weighted by Crippen LogP contribution is -2.46. The minimum absolute atomic E-state index is 0.159. The fourth-order valence-electron chi connectivity index (χ4n) is 3.32. The maximum absolute atomic E-state index is 11.7. The van der Waals surface area contributed by atoms with E-state index in [0.29, 0.717) is 12.6 Å². The molecule has 20 heavy (non-hydrogen) atoms. The van der Waals surface area contributed by atoms with E-state index < -0.39 is 0 Å². The van der Waals surface area contributed by atoms with Crippen molar-refractivity contribution in [2.45, 2.75) is 32.2 Å². The van der Waals surface area contributed by atoms with Crippen LogP contribution in [0.1, 0.15) is 25.3 Å². The van der Waals surface area contributed by atoms with Crippen molar-refractivity contribution >= 4 is 11.8 Å². The zero-order valence-electron chi connectivity index (χ0n) is 12.0. The first kappa shape index (κ1) is 13.3. The molecule has 0 N–H and O–H groups in total. The van der Waals surface area contributed by atoms with E-state index in [2.05, 4.69) is 29.2 Å². The summed E-state index contributed by atoms with van der Waals surface area (Å²) in [7, 11) is 0. The second-order valence-corrected chi connectivity index (χ2v) is 5.49. The van der Waals surface area contributed by atoms with Gasteiger partial charge in [-0.25, -0.2) is 4.79 Å². The number of amides is 1. The molecule has 1 aromatic rings. The number of nitrogens with zero attached hydrogens (tertiary/aromatic N) is 2. The molecule has 2 aliphatic heterocycles. The number of likely N-dealkylation sites (tertiary alicyclic amines) is 1. The van der Waals surface area contributed by atoms with E-state index in [-0.39, 0.29) is 6.09 Å². The molecule has 3 rings (SSSR count). The van der Waals surface area contributed by atoms with E-state index in [1.54, 1.807) is 0 Å². The third-order valence-electron chi connectivity index (χ3n) is 4.35. The van der Waals surface area contributed by atoms with Gasteiger partial charge in [0.05, 0.1) is 6.61 Å². The largest absolute Gasteiger partial charge is 0.450 e. The van der Waals surface area contributed by atoms with Crippen molar-refractivity contribution in [3.8, 4) is 0 Å². The molecule has 0 aliphatic carbocycles. The Bertz CT molecular complexity index is 481. The zero-order chi connectivity index (χ0) is 13.9. The van der Waals surface area contributed by atoms with Crippen LogP contribution in [0.15, 0.2) is 24.3 Å². The highest BCUT2D eigenvalue weighted by molar-refractivity contribution is 5.67. The molecule has 1 saturated heterocycles. The molecule has 0 unspecified atom stereocenters. The predicted octanol–water partition coefficient (Wildman–Crippen LogP) is 2.67. The summed E-state index contributed by atoms with van der Waals surface area (Å²) < 4.78 is 5.07. The van der Waals surface area contributed by atoms with Crippen LogP contribution in [0.2, 0.25) is 0 Å². The predicted molar refractivity (Wildman–Crippen MR) is 79.1 cm³/mol. The van der Waals surface area contributed by atoms with Gasteiger partial charge in [0.2, 0.25) is 0 Å². The van der Waals surface area contributed by atoms with Crippen molar-refractivity contribution in [1.82, 2.24) is 4.90 Å². The van der Waals surface area contributed by atoms with E-state index in [1.807, 2.05) is 11.8 Å². The van der Waals surface area contributed by atoms with Gasteiger partial charge in [-0.1, -0.05) is 18.2 Å². The molecule has 1 fully saturated rings. The molecule has 1 aromatic carbocycles. The Morgan fingerprint density at radius 2 is 2.00 bits per heavy atom. The van der Waals surface area contributed by atoms with Crippen LogP contribution in [0.4, 0.5) is 10.5 Å². The van der Waals surface area contributed by atoms with Gasteiger partial charge in [-0.3, -0.25) is 0 Å². The molecule has 0 aromatic heterocycles. The number of carbonyl (C=O) groups excluding carboxylic acids is 1. The van der Waals surface area contributed by atoms with Crippen molar-refractivity contribution < 1.29 is 9.53 Å². The van der Waals surface area contributed by atoms with E-state index in [1.165, 1.54) is 11.3 Å². The zero-order valence-corrected chi connectivity index (χ0v) is 12.0. The third kappa shape index (κ3) is 2.47. The highest BCUT2D eigenvalue weighted by Crippen LogP contribution is 2.32. The lowest BCUT2D eigenvalue weighted by molar-refractivity contribution is 0.0969. The first-order valence-electron chi connectivity index (χ1n) is 7.56. The monoisotopic (exact) mass is 274 g/mol. The van der Waals surface area contributed by atoms with Crippen LogP contribution in [0.3, 0.4) is 0 Å². The summed E-state index contributed by atoms with van der Waals surface area (Å²) in [5.74, 6) is 0. The van der Waals surface area contributed by atoms with Gasteiger partial charge in [0, 0.05) is 31.4 Å². The molecule has 1 amide bonds. The number of benzene rings is 1. The lowest BCUT2D eigenvalue weighted by atomic mass is 10.0. The summed E-state index contributed by atoms with van der Waals surface area (Å²) in [6, 6.07) is 9.24. The van der Waals surface area contributed by atoms with E-state index in [9.17, 15) is 4.79 Å². The average molecular weight is 274 g/mol. The Hall–Kier alpha value is -1.71. The number of hydrogen-bond donors (Lipinski definition) is 0. The Kier molecular flexibility index (Phi) is 3.81. The summed E-state index contributed by atoms with van der Waals surface area (Å²) >= 11 is 0.